The van der Waals surface area contributed by atoms with E-state index >= 15 is 0 Å². The molecule has 0 aliphatic carbocycles. The van der Waals surface area contributed by atoms with Crippen molar-refractivity contribution >= 4 is 16.3 Å². The maximum Gasteiger partial charge on any atom is 0.265 e. The fourth-order valence-electron chi connectivity index (χ4n) is 0.804. The molecule has 7 heavy (non-hydrogen) atoms. The van der Waals surface area contributed by atoms with Crippen molar-refractivity contribution in [1.29, 1.82) is 0 Å². The second kappa shape index (κ2) is 1.76. The van der Waals surface area contributed by atoms with Crippen molar-refractivity contribution < 1.29 is 5.11 Å². The Kier molecular flexibility index (Phi) is 1.40. The average molecular weight is 115 g/mol. The zero-order valence-electron chi connectivity index (χ0n) is 4.57. The lowest BCUT2D eigenvalue weighted by Crippen LogP contribution is -2.30. The first-order valence-electron chi connectivity index (χ1n) is 2.64. The molecule has 1 fully saturated rings. The smallest absolute Gasteiger partial charge is 0.265 e. The Hall–Kier alpha value is 0.452. The van der Waals surface area contributed by atoms with Gasteiger partial charge in [0.15, 0.2) is 0 Å². The van der Waals surface area contributed by atoms with Crippen LogP contribution in [0, 0.1) is 0 Å². The summed E-state index contributed by atoms with van der Waals surface area (Å²) in [7, 11) is 0. The van der Waals surface area contributed by atoms with Gasteiger partial charge in [0, 0.05) is 11.0 Å². The van der Waals surface area contributed by atoms with Crippen LogP contribution in [-0.4, -0.2) is 38.9 Å². The predicted molar refractivity (Wildman–Crippen MR) is 31.0 cm³/mol. The molecule has 2 nitrogen and oxygen atoms in total. The highest BCUT2D eigenvalue weighted by atomic mass is 27.0. The summed E-state index contributed by atoms with van der Waals surface area (Å²) < 4.78 is -0.278. The fraction of sp³-hybridized carbons (Fsp3) is 1.00. The quantitative estimate of drug-likeness (QED) is 0.369. The van der Waals surface area contributed by atoms with Crippen molar-refractivity contribution in [3.05, 3.63) is 0 Å². The van der Waals surface area contributed by atoms with E-state index < -0.39 is 0 Å². The van der Waals surface area contributed by atoms with Crippen LogP contribution in [0.2, 0.25) is 0 Å². The molecule has 2 N–H and O–H groups in total. The third kappa shape index (κ3) is 1.43. The van der Waals surface area contributed by atoms with E-state index in [0.29, 0.717) is 0 Å². The Labute approximate surface area is 51.3 Å². The summed E-state index contributed by atoms with van der Waals surface area (Å²) >= 11 is 0.905. The largest absolute Gasteiger partial charge is 0.405 e. The molecule has 1 saturated heterocycles. The van der Waals surface area contributed by atoms with Crippen molar-refractivity contribution in [3.8, 4) is 0 Å². The fourth-order valence-corrected chi connectivity index (χ4v) is 1.30. The molecule has 0 spiro atoms. The van der Waals surface area contributed by atoms with E-state index in [4.69, 9.17) is 0 Å². The molecule has 0 aromatic carbocycles. The summed E-state index contributed by atoms with van der Waals surface area (Å²) in [5.74, 6) is 0. The molecule has 0 bridgehead atoms. The number of hydrogen-bond donors (Lipinski definition) is 2. The maximum absolute atomic E-state index is 9.19. The van der Waals surface area contributed by atoms with Gasteiger partial charge in [-0.05, 0) is 13.0 Å². The van der Waals surface area contributed by atoms with Gasteiger partial charge in [-0.1, -0.05) is 0 Å². The van der Waals surface area contributed by atoms with Gasteiger partial charge in [0.25, 0.3) is 16.3 Å². The molecular weight excluding hydrogens is 105 g/mol. The monoisotopic (exact) mass is 115 g/mol. The van der Waals surface area contributed by atoms with Gasteiger partial charge in [-0.15, -0.1) is 0 Å². The minimum absolute atomic E-state index is 0.278. The highest BCUT2D eigenvalue weighted by molar-refractivity contribution is 6.14. The van der Waals surface area contributed by atoms with E-state index in [0.717, 1.165) is 35.8 Å². The van der Waals surface area contributed by atoms with Gasteiger partial charge in [-0.2, -0.15) is 0 Å². The summed E-state index contributed by atoms with van der Waals surface area (Å²) in [4.78, 5) is 0. The number of β-amino-alcohol motifs (C(OH)–C–C–N with tert-alkyl or cyclic N) is 1. The van der Waals surface area contributed by atoms with Gasteiger partial charge in [0.1, 0.15) is 0 Å². The Morgan fingerprint density at radius 1 is 1.71 bits per heavy atom. The van der Waals surface area contributed by atoms with Gasteiger partial charge in [0.2, 0.25) is 0 Å². The summed E-state index contributed by atoms with van der Waals surface area (Å²) in [6.45, 7) is 1.82. The second-order valence-corrected chi connectivity index (χ2v) is 4.29. The molecule has 1 aliphatic rings. The van der Waals surface area contributed by atoms with E-state index in [1.807, 2.05) is 0 Å². The first kappa shape index (κ1) is 5.59. The predicted octanol–water partition coefficient (Wildman–Crippen LogP) is -1.70. The lowest BCUT2D eigenvalue weighted by Gasteiger charge is -2.12. The molecule has 0 radical (unpaired) electrons. The minimum Gasteiger partial charge on any atom is -0.405 e. The molecule has 0 aromatic rings. The van der Waals surface area contributed by atoms with Crippen LogP contribution < -0.4 is 5.32 Å². The second-order valence-electron chi connectivity index (χ2n) is 2.42. The molecule has 1 unspecified atom stereocenters. The SMILES string of the molecule is O[C]1([AlH2])CCNC1. The third-order valence-electron chi connectivity index (χ3n) is 1.35. The van der Waals surface area contributed by atoms with Crippen LogP contribution in [0.1, 0.15) is 6.42 Å². The van der Waals surface area contributed by atoms with E-state index in [9.17, 15) is 5.11 Å². The van der Waals surface area contributed by atoms with Crippen molar-refractivity contribution in [2.24, 2.45) is 0 Å². The molecule has 1 rings (SSSR count). The van der Waals surface area contributed by atoms with Crippen LogP contribution in [0.25, 0.3) is 0 Å². The van der Waals surface area contributed by atoms with E-state index in [1.165, 1.54) is 0 Å². The molecule has 1 aliphatic heterocycles. The zero-order chi connectivity index (χ0) is 5.33. The molecule has 0 aromatic heterocycles. The Morgan fingerprint density at radius 2 is 2.43 bits per heavy atom. The number of rotatable bonds is 0. The summed E-state index contributed by atoms with van der Waals surface area (Å²) in [5.41, 5.74) is 0. The van der Waals surface area contributed by atoms with Crippen molar-refractivity contribution in [2.45, 2.75) is 10.9 Å². The van der Waals surface area contributed by atoms with Crippen LogP contribution in [-0.2, 0) is 0 Å². The van der Waals surface area contributed by atoms with Crippen LogP contribution in [0.5, 0.6) is 0 Å². The van der Waals surface area contributed by atoms with Crippen molar-refractivity contribution in [2.75, 3.05) is 13.1 Å². The lowest BCUT2D eigenvalue weighted by molar-refractivity contribution is 0.150. The topological polar surface area (TPSA) is 32.3 Å². The molecule has 40 valence electrons. The molecule has 1 heterocycles. The minimum atomic E-state index is -0.278. The maximum atomic E-state index is 9.19. The lowest BCUT2D eigenvalue weighted by atomic mass is 10.3. The van der Waals surface area contributed by atoms with Crippen LogP contribution in [0.4, 0.5) is 0 Å². The Morgan fingerprint density at radius 3 is 2.57 bits per heavy atom. The number of hydrogen-bond acceptors (Lipinski definition) is 2. The number of aliphatic hydroxyl groups is 1. The first-order chi connectivity index (χ1) is 3.21. The van der Waals surface area contributed by atoms with E-state index in [-0.39, 0.29) is 4.46 Å². The van der Waals surface area contributed by atoms with E-state index in [1.54, 1.807) is 0 Å². The summed E-state index contributed by atoms with van der Waals surface area (Å²) in [6.07, 6.45) is 0.958. The van der Waals surface area contributed by atoms with Gasteiger partial charge >= 0.3 is 0 Å². The summed E-state index contributed by atoms with van der Waals surface area (Å²) in [6, 6.07) is 0. The highest BCUT2D eigenvalue weighted by Crippen LogP contribution is 2.06. The molecule has 0 saturated carbocycles. The normalized spacial score (nSPS) is 41.9. The van der Waals surface area contributed by atoms with Crippen LogP contribution >= 0.6 is 0 Å². The Bertz CT molecular complexity index is 66.1. The first-order valence-corrected chi connectivity index (χ1v) is 3.64. The summed E-state index contributed by atoms with van der Waals surface area (Å²) in [5, 5.41) is 12.3. The number of nitrogens with one attached hydrogen (secondary N) is 1. The Balaban J connectivity index is 2.40. The highest BCUT2D eigenvalue weighted by Gasteiger charge is 2.23. The van der Waals surface area contributed by atoms with Gasteiger partial charge in [-0.3, -0.25) is 0 Å². The molecular formula is C4H10AlNO. The molecule has 3 heteroatoms. The molecule has 0 amide bonds. The zero-order valence-corrected chi connectivity index (χ0v) is 6.57. The van der Waals surface area contributed by atoms with E-state index in [2.05, 4.69) is 5.32 Å². The van der Waals surface area contributed by atoms with Crippen LogP contribution in [0.15, 0.2) is 0 Å². The van der Waals surface area contributed by atoms with Crippen molar-refractivity contribution in [3.63, 3.8) is 0 Å². The van der Waals surface area contributed by atoms with Crippen LogP contribution in [0.3, 0.4) is 0 Å². The van der Waals surface area contributed by atoms with Gasteiger partial charge < -0.3 is 10.4 Å². The molecule has 1 atom stereocenters. The van der Waals surface area contributed by atoms with Gasteiger partial charge in [0.05, 0.1) is 0 Å². The van der Waals surface area contributed by atoms with Gasteiger partial charge in [-0.25, -0.2) is 0 Å². The standard InChI is InChI=1S/C4H8NO.Al.2H/c6-4-1-2-5-3-4;;;/h5-6H,1-3H2;;;. The third-order valence-corrected chi connectivity index (χ3v) is 2.20. The van der Waals surface area contributed by atoms with Crippen molar-refractivity contribution in [1.82, 2.24) is 5.32 Å². The average Bonchev–Trinajstić information content (AvgIpc) is 1.84.